The van der Waals surface area contributed by atoms with Crippen molar-refractivity contribution in [3.8, 4) is 0 Å². The zero-order valence-corrected chi connectivity index (χ0v) is 14.0. The van der Waals surface area contributed by atoms with Gasteiger partial charge >= 0.3 is 0 Å². The second-order valence-corrected chi connectivity index (χ2v) is 6.03. The molecular weight excluding hydrogens is 312 g/mol. The Morgan fingerprint density at radius 3 is 2.65 bits per heavy atom. The van der Waals surface area contributed by atoms with Gasteiger partial charge in [0.1, 0.15) is 5.82 Å². The molecule has 23 heavy (non-hydrogen) atoms. The van der Waals surface area contributed by atoms with Gasteiger partial charge in [0.2, 0.25) is 5.95 Å². The normalized spacial score (nSPS) is 14.8. The Labute approximate surface area is 141 Å². The van der Waals surface area contributed by atoms with Crippen molar-refractivity contribution < 1.29 is 4.74 Å². The number of nitrogens with one attached hydrogen (secondary N) is 1. The fourth-order valence-corrected chi connectivity index (χ4v) is 2.66. The van der Waals surface area contributed by atoms with E-state index in [1.165, 1.54) is 5.56 Å². The minimum Gasteiger partial charge on any atom is -0.378 e. The lowest BCUT2D eigenvalue weighted by Crippen LogP contribution is -2.37. The van der Waals surface area contributed by atoms with Crippen molar-refractivity contribution in [2.75, 3.05) is 43.1 Å². The van der Waals surface area contributed by atoms with Crippen LogP contribution in [-0.2, 0) is 11.2 Å². The maximum Gasteiger partial charge on any atom is 0.227 e. The number of anilines is 2. The van der Waals surface area contributed by atoms with E-state index < -0.39 is 0 Å². The minimum absolute atomic E-state index is 0.733. The number of aromatic nitrogens is 2. The highest BCUT2D eigenvalue weighted by molar-refractivity contribution is 6.30. The Kier molecular flexibility index (Phi) is 5.31. The lowest BCUT2D eigenvalue weighted by Gasteiger charge is -2.27. The molecule has 1 aromatic carbocycles. The van der Waals surface area contributed by atoms with Gasteiger partial charge in [-0.1, -0.05) is 23.7 Å². The van der Waals surface area contributed by atoms with Crippen LogP contribution in [0.25, 0.3) is 0 Å². The van der Waals surface area contributed by atoms with E-state index in [-0.39, 0.29) is 0 Å². The number of benzene rings is 1. The highest BCUT2D eigenvalue weighted by atomic mass is 35.5. The predicted octanol–water partition coefficient (Wildman–Crippen LogP) is 2.93. The highest BCUT2D eigenvalue weighted by Crippen LogP contribution is 2.15. The van der Waals surface area contributed by atoms with Gasteiger partial charge in [-0.05, 0) is 31.0 Å². The van der Waals surface area contributed by atoms with Crippen molar-refractivity contribution in [1.82, 2.24) is 9.97 Å². The van der Waals surface area contributed by atoms with Crippen LogP contribution < -0.4 is 10.2 Å². The molecule has 0 radical (unpaired) electrons. The topological polar surface area (TPSA) is 50.3 Å². The van der Waals surface area contributed by atoms with Crippen LogP contribution in [0, 0.1) is 6.92 Å². The van der Waals surface area contributed by atoms with Gasteiger partial charge in [-0.2, -0.15) is 4.98 Å². The lowest BCUT2D eigenvalue weighted by molar-refractivity contribution is 0.122. The molecule has 5 nitrogen and oxygen atoms in total. The molecule has 0 amide bonds. The Bertz CT molecular complexity index is 642. The fraction of sp³-hybridized carbons (Fsp3) is 0.412. The van der Waals surface area contributed by atoms with E-state index in [0.717, 1.165) is 61.8 Å². The van der Waals surface area contributed by atoms with E-state index in [9.17, 15) is 0 Å². The second kappa shape index (κ2) is 7.62. The molecule has 0 aliphatic carbocycles. The molecule has 0 spiro atoms. The molecule has 2 heterocycles. The summed E-state index contributed by atoms with van der Waals surface area (Å²) in [5.74, 6) is 1.65. The average Bonchev–Trinajstić information content (AvgIpc) is 2.57. The zero-order chi connectivity index (χ0) is 16.1. The van der Waals surface area contributed by atoms with Crippen LogP contribution in [0.5, 0.6) is 0 Å². The maximum absolute atomic E-state index is 5.90. The lowest BCUT2D eigenvalue weighted by atomic mass is 10.1. The number of aryl methyl sites for hydroxylation is 1. The molecule has 2 aromatic rings. The smallest absolute Gasteiger partial charge is 0.227 e. The second-order valence-electron chi connectivity index (χ2n) is 5.60. The molecule has 1 aliphatic rings. The van der Waals surface area contributed by atoms with Crippen LogP contribution in [0.15, 0.2) is 30.3 Å². The van der Waals surface area contributed by atoms with Crippen LogP contribution in [0.3, 0.4) is 0 Å². The van der Waals surface area contributed by atoms with E-state index in [2.05, 4.69) is 32.3 Å². The monoisotopic (exact) mass is 332 g/mol. The average molecular weight is 333 g/mol. The number of halogens is 1. The summed E-state index contributed by atoms with van der Waals surface area (Å²) < 4.78 is 5.38. The van der Waals surface area contributed by atoms with Gasteiger partial charge in [0.25, 0.3) is 0 Å². The van der Waals surface area contributed by atoms with Gasteiger partial charge < -0.3 is 15.0 Å². The molecule has 0 unspecified atom stereocenters. The molecule has 6 heteroatoms. The van der Waals surface area contributed by atoms with Gasteiger partial charge in [-0.3, -0.25) is 0 Å². The molecule has 1 aliphatic heterocycles. The van der Waals surface area contributed by atoms with E-state index >= 15 is 0 Å². The standard InChI is InChI=1S/C17H21ClN4O/c1-13-12-16(19-7-6-14-2-4-15(18)5-3-14)21-17(20-13)22-8-10-23-11-9-22/h2-5,12H,6-11H2,1H3,(H,19,20,21). The van der Waals surface area contributed by atoms with Crippen LogP contribution in [0.2, 0.25) is 5.02 Å². The van der Waals surface area contributed by atoms with E-state index in [0.29, 0.717) is 0 Å². The Morgan fingerprint density at radius 1 is 1.17 bits per heavy atom. The summed E-state index contributed by atoms with van der Waals surface area (Å²) in [5.41, 5.74) is 2.22. The summed E-state index contributed by atoms with van der Waals surface area (Å²) >= 11 is 5.90. The van der Waals surface area contributed by atoms with Crippen molar-refractivity contribution in [3.63, 3.8) is 0 Å². The van der Waals surface area contributed by atoms with Gasteiger partial charge in [0.05, 0.1) is 13.2 Å². The van der Waals surface area contributed by atoms with Gasteiger partial charge in [0, 0.05) is 36.4 Å². The van der Waals surface area contributed by atoms with Crippen molar-refractivity contribution in [2.24, 2.45) is 0 Å². The summed E-state index contributed by atoms with van der Waals surface area (Å²) in [5, 5.41) is 4.15. The summed E-state index contributed by atoms with van der Waals surface area (Å²) in [6.45, 7) is 5.96. The van der Waals surface area contributed by atoms with Crippen LogP contribution >= 0.6 is 11.6 Å². The highest BCUT2D eigenvalue weighted by Gasteiger charge is 2.14. The largest absolute Gasteiger partial charge is 0.378 e. The maximum atomic E-state index is 5.90. The van der Waals surface area contributed by atoms with Gasteiger partial charge in [-0.15, -0.1) is 0 Å². The summed E-state index contributed by atoms with van der Waals surface area (Å²) in [4.78, 5) is 11.3. The third kappa shape index (κ3) is 4.56. The molecule has 1 saturated heterocycles. The summed E-state index contributed by atoms with van der Waals surface area (Å²) in [6.07, 6.45) is 0.924. The van der Waals surface area contributed by atoms with E-state index in [1.807, 2.05) is 25.1 Å². The van der Waals surface area contributed by atoms with Crippen molar-refractivity contribution >= 4 is 23.4 Å². The van der Waals surface area contributed by atoms with Crippen LogP contribution in [0.4, 0.5) is 11.8 Å². The molecule has 1 aromatic heterocycles. The van der Waals surface area contributed by atoms with Crippen molar-refractivity contribution in [1.29, 1.82) is 0 Å². The summed E-state index contributed by atoms with van der Waals surface area (Å²) in [7, 11) is 0. The molecule has 1 fully saturated rings. The minimum atomic E-state index is 0.733. The third-order valence-corrected chi connectivity index (χ3v) is 4.02. The molecule has 0 atom stereocenters. The first kappa shape index (κ1) is 16.0. The van der Waals surface area contributed by atoms with Gasteiger partial charge in [0.15, 0.2) is 0 Å². The van der Waals surface area contributed by atoms with E-state index in [1.54, 1.807) is 0 Å². The third-order valence-electron chi connectivity index (χ3n) is 3.77. The van der Waals surface area contributed by atoms with Crippen molar-refractivity contribution in [3.05, 3.63) is 46.6 Å². The first-order valence-corrected chi connectivity index (χ1v) is 8.25. The molecule has 3 rings (SSSR count). The van der Waals surface area contributed by atoms with E-state index in [4.69, 9.17) is 16.3 Å². The Balaban J connectivity index is 1.60. The zero-order valence-electron chi connectivity index (χ0n) is 13.3. The molecule has 1 N–H and O–H groups in total. The predicted molar refractivity (Wildman–Crippen MR) is 93.4 cm³/mol. The van der Waals surface area contributed by atoms with Crippen LogP contribution in [-0.4, -0.2) is 42.8 Å². The van der Waals surface area contributed by atoms with Crippen LogP contribution in [0.1, 0.15) is 11.3 Å². The molecule has 122 valence electrons. The molecule has 0 saturated carbocycles. The SMILES string of the molecule is Cc1cc(NCCc2ccc(Cl)cc2)nc(N2CCOCC2)n1. The number of ether oxygens (including phenoxy) is 1. The number of morpholine rings is 1. The summed E-state index contributed by atoms with van der Waals surface area (Å²) in [6, 6.07) is 9.92. The Morgan fingerprint density at radius 2 is 1.91 bits per heavy atom. The quantitative estimate of drug-likeness (QED) is 0.912. The number of hydrogen-bond acceptors (Lipinski definition) is 5. The first-order valence-electron chi connectivity index (χ1n) is 7.87. The number of hydrogen-bond donors (Lipinski definition) is 1. The fourth-order valence-electron chi connectivity index (χ4n) is 2.53. The van der Waals surface area contributed by atoms with Gasteiger partial charge in [-0.25, -0.2) is 4.98 Å². The first-order chi connectivity index (χ1) is 11.2. The van der Waals surface area contributed by atoms with Crippen molar-refractivity contribution in [2.45, 2.75) is 13.3 Å². The number of rotatable bonds is 5. The molecule has 0 bridgehead atoms. The number of nitrogens with zero attached hydrogens (tertiary/aromatic N) is 3. The molecular formula is C17H21ClN4O. The Hall–Kier alpha value is -1.85.